The maximum Gasteiger partial charge on any atom is 0.339 e. The van der Waals surface area contributed by atoms with Crippen LogP contribution in [0.2, 0.25) is 0 Å². The van der Waals surface area contributed by atoms with Gasteiger partial charge in [-0.05, 0) is 12.3 Å². The number of esters is 1. The Morgan fingerprint density at radius 3 is 2.62 bits per heavy atom. The second-order valence-electron chi connectivity index (χ2n) is 4.39. The van der Waals surface area contributed by atoms with Gasteiger partial charge in [-0.2, -0.15) is 0 Å². The molecule has 2 rings (SSSR count). The molecular weight excluding hydrogens is 296 g/mol. The highest BCUT2D eigenvalue weighted by atomic mass is 32.2. The lowest BCUT2D eigenvalue weighted by Gasteiger charge is -2.29. The van der Waals surface area contributed by atoms with Gasteiger partial charge in [0.25, 0.3) is 5.69 Å². The van der Waals surface area contributed by atoms with Gasteiger partial charge in [0.1, 0.15) is 5.69 Å². The number of nitro benzene ring substituents is 1. The number of thioether (sulfide) groups is 1. The van der Waals surface area contributed by atoms with Crippen molar-refractivity contribution in [3.63, 3.8) is 0 Å². The Kier molecular flexibility index (Phi) is 5.03. The van der Waals surface area contributed by atoms with Crippen LogP contribution in [0.4, 0.5) is 11.4 Å². The summed E-state index contributed by atoms with van der Waals surface area (Å²) in [6.07, 6.45) is 1.82. The monoisotopic (exact) mass is 312 g/mol. The number of rotatable bonds is 4. The Labute approximate surface area is 126 Å². The molecule has 7 nitrogen and oxygen atoms in total. The van der Waals surface area contributed by atoms with E-state index in [-0.39, 0.29) is 11.3 Å². The van der Waals surface area contributed by atoms with E-state index in [1.807, 2.05) is 11.2 Å². The van der Waals surface area contributed by atoms with Gasteiger partial charge in [0, 0.05) is 24.1 Å². The summed E-state index contributed by atoms with van der Waals surface area (Å²) in [5, 5.41) is 11.3. The second kappa shape index (κ2) is 6.77. The number of hydrogen-bond acceptors (Lipinski definition) is 7. The standard InChI is InChI=1S/C13H16N2O5S/c1-19-13(16)9-7-11(15(17)18)10(8-12(9)21-2)14-3-5-20-6-4-14/h7-8H,3-6H2,1-2H3. The molecule has 0 bridgehead atoms. The number of methoxy groups -OCH3 is 1. The van der Waals surface area contributed by atoms with Crippen LogP contribution in [0.5, 0.6) is 0 Å². The fraction of sp³-hybridized carbons (Fsp3) is 0.462. The highest BCUT2D eigenvalue weighted by Gasteiger charge is 2.26. The van der Waals surface area contributed by atoms with Crippen molar-refractivity contribution < 1.29 is 19.2 Å². The third kappa shape index (κ3) is 3.27. The molecule has 1 saturated heterocycles. The van der Waals surface area contributed by atoms with Crippen molar-refractivity contribution in [2.24, 2.45) is 0 Å². The topological polar surface area (TPSA) is 81.9 Å². The van der Waals surface area contributed by atoms with Crippen molar-refractivity contribution in [1.82, 2.24) is 0 Å². The molecule has 0 radical (unpaired) electrons. The summed E-state index contributed by atoms with van der Waals surface area (Å²) in [6, 6.07) is 2.98. The average Bonchev–Trinajstić information content (AvgIpc) is 2.53. The fourth-order valence-electron chi connectivity index (χ4n) is 2.20. The summed E-state index contributed by atoms with van der Waals surface area (Å²) in [5.41, 5.74) is 0.643. The number of anilines is 1. The van der Waals surface area contributed by atoms with Gasteiger partial charge >= 0.3 is 5.97 Å². The molecular formula is C13H16N2O5S. The van der Waals surface area contributed by atoms with Gasteiger partial charge in [0.05, 0.1) is 30.8 Å². The molecule has 0 atom stereocenters. The predicted molar refractivity (Wildman–Crippen MR) is 79.2 cm³/mol. The number of nitro groups is 1. The van der Waals surface area contributed by atoms with Crippen LogP contribution in [-0.2, 0) is 9.47 Å². The van der Waals surface area contributed by atoms with Crippen molar-refractivity contribution in [2.45, 2.75) is 4.90 Å². The van der Waals surface area contributed by atoms with E-state index in [9.17, 15) is 14.9 Å². The lowest BCUT2D eigenvalue weighted by molar-refractivity contribution is -0.384. The van der Waals surface area contributed by atoms with E-state index < -0.39 is 10.9 Å². The number of ether oxygens (including phenoxy) is 2. The molecule has 0 aromatic heterocycles. The second-order valence-corrected chi connectivity index (χ2v) is 5.24. The zero-order chi connectivity index (χ0) is 15.4. The summed E-state index contributed by atoms with van der Waals surface area (Å²) in [4.78, 5) is 25.2. The van der Waals surface area contributed by atoms with E-state index >= 15 is 0 Å². The molecule has 1 aliphatic rings. The van der Waals surface area contributed by atoms with Gasteiger partial charge in [-0.3, -0.25) is 10.1 Å². The molecule has 0 N–H and O–H groups in total. The summed E-state index contributed by atoms with van der Waals surface area (Å²) in [6.45, 7) is 2.24. The van der Waals surface area contributed by atoms with E-state index in [0.29, 0.717) is 36.9 Å². The minimum atomic E-state index is -0.573. The van der Waals surface area contributed by atoms with Crippen LogP contribution in [0.25, 0.3) is 0 Å². The zero-order valence-corrected chi connectivity index (χ0v) is 12.6. The average molecular weight is 312 g/mol. The summed E-state index contributed by atoms with van der Waals surface area (Å²) in [7, 11) is 1.26. The smallest absolute Gasteiger partial charge is 0.339 e. The summed E-state index contributed by atoms with van der Waals surface area (Å²) in [5.74, 6) is -0.573. The van der Waals surface area contributed by atoms with Gasteiger partial charge in [-0.1, -0.05) is 0 Å². The number of hydrogen-bond donors (Lipinski definition) is 0. The first-order chi connectivity index (χ1) is 10.1. The molecule has 0 unspecified atom stereocenters. The van der Waals surface area contributed by atoms with Crippen LogP contribution in [0, 0.1) is 10.1 Å². The normalized spacial score (nSPS) is 14.9. The van der Waals surface area contributed by atoms with Crippen LogP contribution in [0.3, 0.4) is 0 Å². The predicted octanol–water partition coefficient (Wildman–Crippen LogP) is 1.94. The van der Waals surface area contributed by atoms with E-state index in [0.717, 1.165) is 0 Å². The van der Waals surface area contributed by atoms with E-state index in [1.54, 1.807) is 6.07 Å². The lowest BCUT2D eigenvalue weighted by Crippen LogP contribution is -2.36. The Morgan fingerprint density at radius 2 is 2.10 bits per heavy atom. The number of morpholine rings is 1. The SMILES string of the molecule is COC(=O)c1cc([N+](=O)[O-])c(N2CCOCC2)cc1SC. The largest absolute Gasteiger partial charge is 0.465 e. The first-order valence-corrected chi connectivity index (χ1v) is 7.58. The molecule has 1 aromatic carbocycles. The van der Waals surface area contributed by atoms with E-state index in [4.69, 9.17) is 9.47 Å². The fourth-order valence-corrected chi connectivity index (χ4v) is 2.79. The van der Waals surface area contributed by atoms with Gasteiger partial charge in [-0.15, -0.1) is 11.8 Å². The van der Waals surface area contributed by atoms with Crippen molar-refractivity contribution in [2.75, 3.05) is 44.6 Å². The van der Waals surface area contributed by atoms with E-state index in [2.05, 4.69) is 0 Å². The van der Waals surface area contributed by atoms with Crippen LogP contribution in [-0.4, -0.2) is 50.6 Å². The number of nitrogens with zero attached hydrogens (tertiary/aromatic N) is 2. The van der Waals surface area contributed by atoms with Gasteiger partial charge in [0.2, 0.25) is 0 Å². The molecule has 1 fully saturated rings. The summed E-state index contributed by atoms with van der Waals surface area (Å²) < 4.78 is 9.96. The molecule has 1 aromatic rings. The van der Waals surface area contributed by atoms with Crippen molar-refractivity contribution in [1.29, 1.82) is 0 Å². The van der Waals surface area contributed by atoms with Gasteiger partial charge < -0.3 is 14.4 Å². The van der Waals surface area contributed by atoms with Crippen LogP contribution >= 0.6 is 11.8 Å². The molecule has 114 valence electrons. The molecule has 8 heteroatoms. The minimum Gasteiger partial charge on any atom is -0.465 e. The third-order valence-corrected chi connectivity index (χ3v) is 4.03. The number of carbonyl (C=O) groups is 1. The van der Waals surface area contributed by atoms with Gasteiger partial charge in [0.15, 0.2) is 0 Å². The Morgan fingerprint density at radius 1 is 1.43 bits per heavy atom. The Hall–Kier alpha value is -1.80. The van der Waals surface area contributed by atoms with Gasteiger partial charge in [-0.25, -0.2) is 4.79 Å². The minimum absolute atomic E-state index is 0.0879. The van der Waals surface area contributed by atoms with Crippen molar-refractivity contribution in [3.05, 3.63) is 27.8 Å². The first kappa shape index (κ1) is 15.6. The quantitative estimate of drug-likeness (QED) is 0.363. The first-order valence-electron chi connectivity index (χ1n) is 6.36. The number of benzene rings is 1. The van der Waals surface area contributed by atoms with Crippen LogP contribution < -0.4 is 4.90 Å². The zero-order valence-electron chi connectivity index (χ0n) is 11.8. The molecule has 21 heavy (non-hydrogen) atoms. The van der Waals surface area contributed by atoms with Crippen LogP contribution in [0.15, 0.2) is 17.0 Å². The molecule has 1 heterocycles. The highest BCUT2D eigenvalue weighted by Crippen LogP contribution is 2.35. The molecule has 0 aliphatic carbocycles. The lowest BCUT2D eigenvalue weighted by atomic mass is 10.1. The highest BCUT2D eigenvalue weighted by molar-refractivity contribution is 7.98. The van der Waals surface area contributed by atoms with Crippen molar-refractivity contribution in [3.8, 4) is 0 Å². The van der Waals surface area contributed by atoms with E-state index in [1.165, 1.54) is 24.9 Å². The molecule has 0 spiro atoms. The summed E-state index contributed by atoms with van der Waals surface area (Å²) >= 11 is 1.36. The van der Waals surface area contributed by atoms with Crippen LogP contribution in [0.1, 0.15) is 10.4 Å². The Balaban J connectivity index is 2.52. The maximum atomic E-state index is 11.8. The maximum absolute atomic E-state index is 11.8. The molecule has 1 aliphatic heterocycles. The van der Waals surface area contributed by atoms with Crippen molar-refractivity contribution >= 4 is 29.1 Å². The number of carbonyl (C=O) groups excluding carboxylic acids is 1. The molecule has 0 amide bonds. The Bertz CT molecular complexity index is 558. The third-order valence-electron chi connectivity index (χ3n) is 3.25. The molecule has 0 saturated carbocycles.